The largest absolute Gasteiger partial charge is 0.384 e. The predicted octanol–water partition coefficient (Wildman–Crippen LogP) is 1.65. The summed E-state index contributed by atoms with van der Waals surface area (Å²) in [6, 6.07) is 3.58. The van der Waals surface area contributed by atoms with Crippen molar-refractivity contribution in [1.29, 1.82) is 5.41 Å². The molecule has 18 heavy (non-hydrogen) atoms. The summed E-state index contributed by atoms with van der Waals surface area (Å²) in [4.78, 5) is 0. The van der Waals surface area contributed by atoms with Crippen LogP contribution in [-0.2, 0) is 10.0 Å². The average molecular weight is 273 g/mol. The summed E-state index contributed by atoms with van der Waals surface area (Å²) in [5.41, 5.74) is 5.28. The van der Waals surface area contributed by atoms with Gasteiger partial charge in [0.05, 0.1) is 11.3 Å². The third-order valence-corrected chi connectivity index (χ3v) is 3.67. The Morgan fingerprint density at radius 1 is 1.50 bits per heavy atom. The van der Waals surface area contributed by atoms with Crippen molar-refractivity contribution < 1.29 is 12.8 Å². The Balaban J connectivity index is 2.92. The maximum Gasteiger partial charge on any atom is 0.232 e. The molecule has 1 aromatic carbocycles. The van der Waals surface area contributed by atoms with E-state index in [1.54, 1.807) is 0 Å². The molecule has 4 N–H and O–H groups in total. The summed E-state index contributed by atoms with van der Waals surface area (Å²) in [6.45, 7) is 1.89. The zero-order chi connectivity index (χ0) is 13.8. The number of nitrogens with two attached hydrogens (primary N) is 1. The van der Waals surface area contributed by atoms with Gasteiger partial charge in [-0.2, -0.15) is 0 Å². The van der Waals surface area contributed by atoms with E-state index in [0.29, 0.717) is 6.42 Å². The SMILES string of the molecule is CCCCS(=O)(=O)Nc1ccc(F)c(C(=N)N)c1. The van der Waals surface area contributed by atoms with Crippen molar-refractivity contribution in [2.75, 3.05) is 10.5 Å². The van der Waals surface area contributed by atoms with Crippen LogP contribution in [0.15, 0.2) is 18.2 Å². The lowest BCUT2D eigenvalue weighted by atomic mass is 10.2. The zero-order valence-electron chi connectivity index (χ0n) is 10.0. The highest BCUT2D eigenvalue weighted by molar-refractivity contribution is 7.92. The highest BCUT2D eigenvalue weighted by atomic mass is 32.2. The Morgan fingerprint density at radius 3 is 2.72 bits per heavy atom. The smallest absolute Gasteiger partial charge is 0.232 e. The monoisotopic (exact) mass is 273 g/mol. The van der Waals surface area contributed by atoms with Crippen LogP contribution < -0.4 is 10.5 Å². The molecule has 0 aliphatic rings. The number of sulfonamides is 1. The normalized spacial score (nSPS) is 11.2. The van der Waals surface area contributed by atoms with Crippen molar-refractivity contribution in [3.63, 3.8) is 0 Å². The van der Waals surface area contributed by atoms with Gasteiger partial charge in [0.15, 0.2) is 0 Å². The number of nitrogen functional groups attached to an aromatic ring is 1. The molecule has 0 saturated carbocycles. The second-order valence-electron chi connectivity index (χ2n) is 3.88. The minimum Gasteiger partial charge on any atom is -0.384 e. The molecule has 0 radical (unpaired) electrons. The van der Waals surface area contributed by atoms with Crippen LogP contribution in [0.3, 0.4) is 0 Å². The van der Waals surface area contributed by atoms with E-state index in [1.807, 2.05) is 6.92 Å². The van der Waals surface area contributed by atoms with Gasteiger partial charge in [0.25, 0.3) is 0 Å². The second-order valence-corrected chi connectivity index (χ2v) is 5.72. The molecule has 0 aliphatic carbocycles. The van der Waals surface area contributed by atoms with Crippen LogP contribution in [0.4, 0.5) is 10.1 Å². The van der Waals surface area contributed by atoms with E-state index in [4.69, 9.17) is 11.1 Å². The summed E-state index contributed by atoms with van der Waals surface area (Å²) >= 11 is 0. The molecule has 1 aromatic rings. The molecule has 0 saturated heterocycles. The Bertz CT molecular complexity index is 543. The topological polar surface area (TPSA) is 96.0 Å². The van der Waals surface area contributed by atoms with Crippen LogP contribution in [0.1, 0.15) is 25.3 Å². The van der Waals surface area contributed by atoms with Crippen molar-refractivity contribution in [3.8, 4) is 0 Å². The lowest BCUT2D eigenvalue weighted by molar-refractivity contribution is 0.597. The van der Waals surface area contributed by atoms with Crippen LogP contribution in [0.5, 0.6) is 0 Å². The molecular formula is C11H16FN3O2S. The van der Waals surface area contributed by atoms with E-state index in [2.05, 4.69) is 4.72 Å². The number of rotatable bonds is 6. The van der Waals surface area contributed by atoms with Crippen LogP contribution in [0.2, 0.25) is 0 Å². The van der Waals surface area contributed by atoms with Crippen molar-refractivity contribution in [2.45, 2.75) is 19.8 Å². The number of nitrogens with one attached hydrogen (secondary N) is 2. The molecule has 0 heterocycles. The van der Waals surface area contributed by atoms with Gasteiger partial charge in [0.2, 0.25) is 10.0 Å². The molecular weight excluding hydrogens is 257 g/mol. The molecule has 7 heteroatoms. The highest BCUT2D eigenvalue weighted by Crippen LogP contribution is 2.16. The van der Waals surface area contributed by atoms with Gasteiger partial charge in [-0.15, -0.1) is 0 Å². The lowest BCUT2D eigenvalue weighted by Gasteiger charge is -2.09. The van der Waals surface area contributed by atoms with Crippen LogP contribution in [-0.4, -0.2) is 20.0 Å². The van der Waals surface area contributed by atoms with Gasteiger partial charge in [0.1, 0.15) is 11.7 Å². The standard InChI is InChI=1S/C11H16FN3O2S/c1-2-3-6-18(16,17)15-8-4-5-10(12)9(7-8)11(13)14/h4-5,7,15H,2-3,6H2,1H3,(H3,13,14). The number of benzene rings is 1. The highest BCUT2D eigenvalue weighted by Gasteiger charge is 2.12. The van der Waals surface area contributed by atoms with Gasteiger partial charge in [0, 0.05) is 5.69 Å². The summed E-state index contributed by atoms with van der Waals surface area (Å²) in [5, 5.41) is 7.18. The molecule has 0 amide bonds. The Kier molecular flexibility index (Phi) is 4.66. The first-order valence-electron chi connectivity index (χ1n) is 5.50. The lowest BCUT2D eigenvalue weighted by Crippen LogP contribution is -2.18. The number of halogens is 1. The van der Waals surface area contributed by atoms with Gasteiger partial charge >= 0.3 is 0 Å². The first kappa shape index (κ1) is 14.4. The summed E-state index contributed by atoms with van der Waals surface area (Å²) in [7, 11) is -3.44. The Morgan fingerprint density at radius 2 is 2.17 bits per heavy atom. The van der Waals surface area contributed by atoms with Crippen molar-refractivity contribution in [3.05, 3.63) is 29.6 Å². The van der Waals surface area contributed by atoms with E-state index < -0.39 is 21.7 Å². The molecule has 0 unspecified atom stereocenters. The summed E-state index contributed by atoms with van der Waals surface area (Å²) < 4.78 is 38.9. The zero-order valence-corrected chi connectivity index (χ0v) is 10.8. The quantitative estimate of drug-likeness (QED) is 0.543. The Hall–Kier alpha value is -1.63. The minimum absolute atomic E-state index is 0.0102. The molecule has 0 aliphatic heterocycles. The van der Waals surface area contributed by atoms with Gasteiger partial charge < -0.3 is 5.73 Å². The average Bonchev–Trinajstić information content (AvgIpc) is 2.28. The number of unbranched alkanes of at least 4 members (excludes halogenated alkanes) is 1. The van der Waals surface area contributed by atoms with Crippen LogP contribution in [0, 0.1) is 11.2 Å². The first-order chi connectivity index (χ1) is 8.35. The predicted molar refractivity (Wildman–Crippen MR) is 69.7 cm³/mol. The number of hydrogen-bond donors (Lipinski definition) is 3. The van der Waals surface area contributed by atoms with Crippen molar-refractivity contribution in [2.24, 2.45) is 5.73 Å². The Labute approximate surface area is 106 Å². The molecule has 0 bridgehead atoms. The maximum atomic E-state index is 13.3. The van der Waals surface area contributed by atoms with Crippen LogP contribution >= 0.6 is 0 Å². The fraction of sp³-hybridized carbons (Fsp3) is 0.364. The molecule has 0 fully saturated rings. The summed E-state index contributed by atoms with van der Waals surface area (Å²) in [5.74, 6) is -1.09. The fourth-order valence-corrected chi connectivity index (χ4v) is 2.62. The van der Waals surface area contributed by atoms with Crippen molar-refractivity contribution in [1.82, 2.24) is 0 Å². The summed E-state index contributed by atoms with van der Waals surface area (Å²) in [6.07, 6.45) is 1.32. The maximum absolute atomic E-state index is 13.3. The van der Waals surface area contributed by atoms with E-state index in [0.717, 1.165) is 12.5 Å². The van der Waals surface area contributed by atoms with Gasteiger partial charge in [-0.3, -0.25) is 10.1 Å². The molecule has 0 atom stereocenters. The van der Waals surface area contributed by atoms with Gasteiger partial charge in [-0.1, -0.05) is 13.3 Å². The molecule has 1 rings (SSSR count). The number of anilines is 1. The van der Waals surface area contributed by atoms with E-state index in [1.165, 1.54) is 12.1 Å². The van der Waals surface area contributed by atoms with E-state index in [-0.39, 0.29) is 17.0 Å². The number of hydrogen-bond acceptors (Lipinski definition) is 3. The number of amidine groups is 1. The fourth-order valence-electron chi connectivity index (χ4n) is 1.36. The third kappa shape index (κ3) is 3.99. The second kappa shape index (κ2) is 5.81. The molecule has 0 spiro atoms. The molecule has 5 nitrogen and oxygen atoms in total. The first-order valence-corrected chi connectivity index (χ1v) is 7.15. The van der Waals surface area contributed by atoms with Gasteiger partial charge in [-0.05, 0) is 24.6 Å². The molecule has 0 aromatic heterocycles. The van der Waals surface area contributed by atoms with Crippen molar-refractivity contribution >= 4 is 21.5 Å². The van der Waals surface area contributed by atoms with Crippen LogP contribution in [0.25, 0.3) is 0 Å². The van der Waals surface area contributed by atoms with E-state index in [9.17, 15) is 12.8 Å². The third-order valence-electron chi connectivity index (χ3n) is 2.30. The molecule has 100 valence electrons. The van der Waals surface area contributed by atoms with Gasteiger partial charge in [-0.25, -0.2) is 12.8 Å². The minimum atomic E-state index is -3.44. The van der Waals surface area contributed by atoms with E-state index >= 15 is 0 Å².